The second kappa shape index (κ2) is 7.05. The van der Waals surface area contributed by atoms with Gasteiger partial charge in [-0.25, -0.2) is 9.86 Å². The van der Waals surface area contributed by atoms with Crippen molar-refractivity contribution in [2.45, 2.75) is 70.2 Å². The summed E-state index contributed by atoms with van der Waals surface area (Å²) in [5.74, 6) is 0.0985. The number of hydrogen-bond donors (Lipinski definition) is 1. The van der Waals surface area contributed by atoms with Gasteiger partial charge in [0.25, 0.3) is 5.91 Å². The molecule has 23 heavy (non-hydrogen) atoms. The van der Waals surface area contributed by atoms with Gasteiger partial charge in [-0.2, -0.15) is 0 Å². The normalized spacial score (nSPS) is 27.9. The predicted octanol–water partition coefficient (Wildman–Crippen LogP) is 2.46. The number of carbonyl (C=O) groups is 2. The highest BCUT2D eigenvalue weighted by Crippen LogP contribution is 2.38. The van der Waals surface area contributed by atoms with Gasteiger partial charge in [-0.15, -0.1) is 0 Å². The lowest BCUT2D eigenvalue weighted by Crippen LogP contribution is -2.50. The van der Waals surface area contributed by atoms with Crippen LogP contribution in [0.2, 0.25) is 0 Å². The third kappa shape index (κ3) is 3.77. The number of ether oxygens (including phenoxy) is 1. The van der Waals surface area contributed by atoms with Gasteiger partial charge in [0.1, 0.15) is 5.72 Å². The molecule has 2 fully saturated rings. The Bertz CT molecular complexity index is 448. The van der Waals surface area contributed by atoms with Crippen molar-refractivity contribution in [1.82, 2.24) is 9.96 Å². The largest absolute Gasteiger partial charge is 0.465 e. The van der Waals surface area contributed by atoms with E-state index in [1.165, 1.54) is 38.3 Å². The van der Waals surface area contributed by atoms with E-state index in [4.69, 9.17) is 9.57 Å². The molecule has 1 saturated carbocycles. The van der Waals surface area contributed by atoms with Crippen LogP contribution in [0.15, 0.2) is 0 Å². The van der Waals surface area contributed by atoms with E-state index < -0.39 is 24.0 Å². The van der Waals surface area contributed by atoms with Crippen molar-refractivity contribution in [2.24, 2.45) is 5.92 Å². The molecule has 1 aliphatic heterocycles. The van der Waals surface area contributed by atoms with Gasteiger partial charge >= 0.3 is 6.09 Å². The summed E-state index contributed by atoms with van der Waals surface area (Å²) in [6, 6.07) is -0.476. The van der Waals surface area contributed by atoms with E-state index >= 15 is 0 Å². The highest BCUT2D eigenvalue weighted by Gasteiger charge is 2.53. The van der Waals surface area contributed by atoms with Gasteiger partial charge in [-0.3, -0.25) is 14.5 Å². The lowest BCUT2D eigenvalue weighted by Gasteiger charge is -2.33. The SMILES string of the molecule is CON(C)C(=O)C1OC(C)(C)N(C(=O)O)C1CC1CCCCC1. The lowest BCUT2D eigenvalue weighted by molar-refractivity contribution is -0.184. The predicted molar refractivity (Wildman–Crippen MR) is 83.6 cm³/mol. The molecule has 2 unspecified atom stereocenters. The topological polar surface area (TPSA) is 79.3 Å². The van der Waals surface area contributed by atoms with Crippen LogP contribution in [0.5, 0.6) is 0 Å². The minimum Gasteiger partial charge on any atom is -0.465 e. The quantitative estimate of drug-likeness (QED) is 0.802. The fourth-order valence-corrected chi connectivity index (χ4v) is 3.83. The van der Waals surface area contributed by atoms with Crippen molar-refractivity contribution < 1.29 is 24.3 Å². The maximum atomic E-state index is 12.5. The molecule has 132 valence electrons. The molecule has 0 aromatic rings. The molecule has 2 rings (SSSR count). The first-order valence-corrected chi connectivity index (χ1v) is 8.29. The molecule has 0 spiro atoms. The summed E-state index contributed by atoms with van der Waals surface area (Å²) >= 11 is 0. The van der Waals surface area contributed by atoms with E-state index in [0.717, 1.165) is 17.9 Å². The van der Waals surface area contributed by atoms with Crippen LogP contribution in [0.4, 0.5) is 4.79 Å². The van der Waals surface area contributed by atoms with Gasteiger partial charge in [-0.05, 0) is 26.2 Å². The summed E-state index contributed by atoms with van der Waals surface area (Å²) in [4.78, 5) is 30.6. The summed E-state index contributed by atoms with van der Waals surface area (Å²) in [6.07, 6.45) is 4.54. The Balaban J connectivity index is 2.23. The number of carbonyl (C=O) groups excluding carboxylic acids is 1. The Morgan fingerprint density at radius 3 is 2.43 bits per heavy atom. The van der Waals surface area contributed by atoms with E-state index in [1.807, 2.05) is 0 Å². The molecule has 7 nitrogen and oxygen atoms in total. The first-order chi connectivity index (χ1) is 10.8. The van der Waals surface area contributed by atoms with Crippen LogP contribution in [-0.4, -0.2) is 59.1 Å². The van der Waals surface area contributed by atoms with E-state index in [-0.39, 0.29) is 5.91 Å². The summed E-state index contributed by atoms with van der Waals surface area (Å²) < 4.78 is 5.84. The third-order valence-corrected chi connectivity index (χ3v) is 5.01. The third-order valence-electron chi connectivity index (χ3n) is 5.01. The molecule has 2 aliphatic rings. The number of hydrogen-bond acceptors (Lipinski definition) is 4. The van der Waals surface area contributed by atoms with Gasteiger partial charge in [0.2, 0.25) is 0 Å². The second-order valence-electron chi connectivity index (χ2n) is 6.96. The molecule has 1 heterocycles. The monoisotopic (exact) mass is 328 g/mol. The molecule has 0 aromatic carbocycles. The van der Waals surface area contributed by atoms with Gasteiger partial charge in [0.15, 0.2) is 6.10 Å². The number of hydroxylamine groups is 2. The smallest absolute Gasteiger partial charge is 0.409 e. The highest BCUT2D eigenvalue weighted by molar-refractivity contribution is 5.82. The molecule has 0 aromatic heterocycles. The Labute approximate surface area is 137 Å². The zero-order valence-corrected chi connectivity index (χ0v) is 14.4. The molecular weight excluding hydrogens is 300 g/mol. The number of nitrogens with zero attached hydrogens (tertiary/aromatic N) is 2. The Morgan fingerprint density at radius 1 is 1.30 bits per heavy atom. The van der Waals surface area contributed by atoms with Crippen molar-refractivity contribution >= 4 is 12.0 Å². The van der Waals surface area contributed by atoms with Crippen LogP contribution in [0.3, 0.4) is 0 Å². The fraction of sp³-hybridized carbons (Fsp3) is 0.875. The highest BCUT2D eigenvalue weighted by atomic mass is 16.7. The molecule has 0 bridgehead atoms. The molecule has 7 heteroatoms. The van der Waals surface area contributed by atoms with Crippen molar-refractivity contribution in [3.05, 3.63) is 0 Å². The number of likely N-dealkylation sites (N-methyl/N-ethyl adjacent to an activating group) is 1. The average molecular weight is 328 g/mol. The summed E-state index contributed by atoms with van der Waals surface area (Å²) in [5.41, 5.74) is -1.03. The molecule has 1 aliphatic carbocycles. The molecule has 1 N–H and O–H groups in total. The minimum absolute atomic E-state index is 0.342. The zero-order valence-electron chi connectivity index (χ0n) is 14.4. The Kier molecular flexibility index (Phi) is 5.52. The van der Waals surface area contributed by atoms with Crippen LogP contribution in [0, 0.1) is 5.92 Å². The first-order valence-electron chi connectivity index (χ1n) is 8.29. The van der Waals surface area contributed by atoms with Gasteiger partial charge in [-0.1, -0.05) is 32.1 Å². The van der Waals surface area contributed by atoms with Gasteiger partial charge in [0, 0.05) is 7.05 Å². The van der Waals surface area contributed by atoms with Crippen molar-refractivity contribution in [3.63, 3.8) is 0 Å². The maximum Gasteiger partial charge on any atom is 0.409 e. The van der Waals surface area contributed by atoms with Crippen LogP contribution in [0.25, 0.3) is 0 Å². The standard InChI is InChI=1S/C16H28N2O5/c1-16(2)18(15(20)21)12(10-11-8-6-5-7-9-11)13(23-16)14(19)17(3)22-4/h11-13H,5-10H2,1-4H3,(H,20,21). The molecular formula is C16H28N2O5. The van der Waals surface area contributed by atoms with Crippen LogP contribution in [0.1, 0.15) is 52.4 Å². The first kappa shape index (κ1) is 18.0. The summed E-state index contributed by atoms with van der Waals surface area (Å²) in [7, 11) is 2.92. The number of rotatable bonds is 4. The Morgan fingerprint density at radius 2 is 1.91 bits per heavy atom. The van der Waals surface area contributed by atoms with E-state index in [1.54, 1.807) is 13.8 Å². The van der Waals surface area contributed by atoms with E-state index in [9.17, 15) is 14.7 Å². The van der Waals surface area contributed by atoms with Crippen molar-refractivity contribution in [1.29, 1.82) is 0 Å². The molecule has 2 amide bonds. The molecule has 2 atom stereocenters. The minimum atomic E-state index is -1.05. The summed E-state index contributed by atoms with van der Waals surface area (Å²) in [5, 5.41) is 10.7. The Hall–Kier alpha value is -1.34. The second-order valence-corrected chi connectivity index (χ2v) is 6.96. The van der Waals surface area contributed by atoms with Crippen LogP contribution in [-0.2, 0) is 14.4 Å². The van der Waals surface area contributed by atoms with Crippen LogP contribution >= 0.6 is 0 Å². The van der Waals surface area contributed by atoms with E-state index in [2.05, 4.69) is 0 Å². The number of carboxylic acid groups (broad SMARTS) is 1. The van der Waals surface area contributed by atoms with Crippen molar-refractivity contribution in [2.75, 3.05) is 14.2 Å². The fourth-order valence-electron chi connectivity index (χ4n) is 3.83. The maximum absolute atomic E-state index is 12.5. The van der Waals surface area contributed by atoms with Gasteiger partial charge < -0.3 is 9.84 Å². The number of amides is 2. The summed E-state index contributed by atoms with van der Waals surface area (Å²) in [6.45, 7) is 3.38. The average Bonchev–Trinajstić information content (AvgIpc) is 2.77. The van der Waals surface area contributed by atoms with Crippen LogP contribution < -0.4 is 0 Å². The van der Waals surface area contributed by atoms with Crippen molar-refractivity contribution in [3.8, 4) is 0 Å². The van der Waals surface area contributed by atoms with E-state index in [0.29, 0.717) is 12.3 Å². The molecule has 1 saturated heterocycles. The lowest BCUT2D eigenvalue weighted by atomic mass is 9.83. The van der Waals surface area contributed by atoms with Gasteiger partial charge in [0.05, 0.1) is 13.2 Å². The zero-order chi connectivity index (χ0) is 17.2. The molecule has 0 radical (unpaired) electrons.